The van der Waals surface area contributed by atoms with Gasteiger partial charge < -0.3 is 15.2 Å². The predicted octanol–water partition coefficient (Wildman–Crippen LogP) is 1.73. The molecule has 3 heteroatoms. The van der Waals surface area contributed by atoms with Gasteiger partial charge in [0.25, 0.3) is 0 Å². The summed E-state index contributed by atoms with van der Waals surface area (Å²) in [5.41, 5.74) is 1.08. The highest BCUT2D eigenvalue weighted by Gasteiger charge is 2.22. The van der Waals surface area contributed by atoms with E-state index in [0.717, 1.165) is 5.56 Å². The average Bonchev–Trinajstić information content (AvgIpc) is 2.29. The van der Waals surface area contributed by atoms with Crippen molar-refractivity contribution < 1.29 is 9.84 Å². The Bertz CT molecular complexity index is 287. The summed E-state index contributed by atoms with van der Waals surface area (Å²) in [6.07, 6.45) is -0.117. The van der Waals surface area contributed by atoms with Crippen LogP contribution in [0.15, 0.2) is 30.3 Å². The molecule has 1 rings (SSSR count). The topological polar surface area (TPSA) is 41.5 Å². The molecular weight excluding hydrogens is 202 g/mol. The van der Waals surface area contributed by atoms with E-state index in [1.54, 1.807) is 7.11 Å². The highest BCUT2D eigenvalue weighted by molar-refractivity contribution is 5.19. The summed E-state index contributed by atoms with van der Waals surface area (Å²) in [4.78, 5) is 0. The largest absolute Gasteiger partial charge is 0.395 e. The lowest BCUT2D eigenvalue weighted by Crippen LogP contribution is -2.42. The third kappa shape index (κ3) is 3.59. The van der Waals surface area contributed by atoms with Crippen LogP contribution in [0, 0.1) is 0 Å². The molecule has 0 saturated carbocycles. The van der Waals surface area contributed by atoms with Crippen LogP contribution in [0.4, 0.5) is 0 Å². The summed E-state index contributed by atoms with van der Waals surface area (Å²) in [6, 6.07) is 10.2. The number of rotatable bonds is 6. The Hall–Kier alpha value is -0.900. The SMILES string of the molecule is CO[C@@H](c1ccccc1)[C@@H](CO)NC(C)C. The predicted molar refractivity (Wildman–Crippen MR) is 65.3 cm³/mol. The zero-order chi connectivity index (χ0) is 12.0. The molecule has 1 aromatic rings. The molecule has 1 aromatic carbocycles. The second kappa shape index (κ2) is 6.63. The summed E-state index contributed by atoms with van der Waals surface area (Å²) >= 11 is 0. The minimum Gasteiger partial charge on any atom is -0.395 e. The van der Waals surface area contributed by atoms with Crippen LogP contribution in [-0.2, 0) is 4.74 Å². The maximum atomic E-state index is 9.40. The first-order valence-corrected chi connectivity index (χ1v) is 5.63. The Kier molecular flexibility index (Phi) is 5.46. The number of methoxy groups -OCH3 is 1. The number of ether oxygens (including phenoxy) is 1. The molecule has 0 aromatic heterocycles. The monoisotopic (exact) mass is 223 g/mol. The van der Waals surface area contributed by atoms with Crippen LogP contribution in [-0.4, -0.2) is 30.9 Å². The van der Waals surface area contributed by atoms with Crippen molar-refractivity contribution in [1.82, 2.24) is 5.32 Å². The van der Waals surface area contributed by atoms with Gasteiger partial charge in [0, 0.05) is 13.2 Å². The summed E-state index contributed by atoms with van der Waals surface area (Å²) in [6.45, 7) is 4.17. The van der Waals surface area contributed by atoms with E-state index in [2.05, 4.69) is 19.2 Å². The molecule has 0 spiro atoms. The van der Waals surface area contributed by atoms with Crippen LogP contribution < -0.4 is 5.32 Å². The Morgan fingerprint density at radius 2 is 1.88 bits per heavy atom. The van der Waals surface area contributed by atoms with E-state index in [9.17, 15) is 5.11 Å². The van der Waals surface area contributed by atoms with Gasteiger partial charge in [0.2, 0.25) is 0 Å². The van der Waals surface area contributed by atoms with Gasteiger partial charge in [-0.15, -0.1) is 0 Å². The standard InChI is InChI=1S/C13H21NO2/c1-10(2)14-12(9-15)13(16-3)11-7-5-4-6-8-11/h4-8,10,12-15H,9H2,1-3H3/t12-,13+/m1/s1. The molecule has 90 valence electrons. The molecule has 0 saturated heterocycles. The maximum Gasteiger partial charge on any atom is 0.0996 e. The Morgan fingerprint density at radius 3 is 2.31 bits per heavy atom. The second-order valence-electron chi connectivity index (χ2n) is 4.18. The first-order chi connectivity index (χ1) is 7.69. The Labute approximate surface area is 97.4 Å². The summed E-state index contributed by atoms with van der Waals surface area (Å²) in [5.74, 6) is 0. The zero-order valence-corrected chi connectivity index (χ0v) is 10.2. The number of benzene rings is 1. The van der Waals surface area contributed by atoms with Gasteiger partial charge in [-0.05, 0) is 5.56 Å². The maximum absolute atomic E-state index is 9.40. The van der Waals surface area contributed by atoms with Gasteiger partial charge in [0.1, 0.15) is 0 Å². The van der Waals surface area contributed by atoms with Gasteiger partial charge in [-0.2, -0.15) is 0 Å². The lowest BCUT2D eigenvalue weighted by atomic mass is 10.0. The van der Waals surface area contributed by atoms with Gasteiger partial charge in [0.05, 0.1) is 18.8 Å². The van der Waals surface area contributed by atoms with Gasteiger partial charge >= 0.3 is 0 Å². The van der Waals surface area contributed by atoms with E-state index < -0.39 is 0 Å². The van der Waals surface area contributed by atoms with Crippen LogP contribution >= 0.6 is 0 Å². The van der Waals surface area contributed by atoms with E-state index in [0.29, 0.717) is 6.04 Å². The summed E-state index contributed by atoms with van der Waals surface area (Å²) < 4.78 is 5.47. The molecule has 16 heavy (non-hydrogen) atoms. The van der Waals surface area contributed by atoms with E-state index in [1.165, 1.54) is 0 Å². The third-order valence-corrected chi connectivity index (χ3v) is 2.49. The third-order valence-electron chi connectivity index (χ3n) is 2.49. The van der Waals surface area contributed by atoms with E-state index in [1.807, 2.05) is 30.3 Å². The molecule has 3 nitrogen and oxygen atoms in total. The van der Waals surface area contributed by atoms with E-state index >= 15 is 0 Å². The zero-order valence-electron chi connectivity index (χ0n) is 10.2. The van der Waals surface area contributed by atoms with Gasteiger partial charge in [0.15, 0.2) is 0 Å². The highest BCUT2D eigenvalue weighted by Crippen LogP contribution is 2.20. The molecule has 0 aliphatic heterocycles. The van der Waals surface area contributed by atoms with Crippen LogP contribution in [0.5, 0.6) is 0 Å². The number of aliphatic hydroxyl groups is 1. The quantitative estimate of drug-likeness (QED) is 0.771. The molecular formula is C13H21NO2. The van der Waals surface area contributed by atoms with Crippen LogP contribution in [0.1, 0.15) is 25.5 Å². The molecule has 0 unspecified atom stereocenters. The van der Waals surface area contributed by atoms with Gasteiger partial charge in [-0.1, -0.05) is 44.2 Å². The second-order valence-corrected chi connectivity index (χ2v) is 4.18. The number of nitrogens with one attached hydrogen (secondary N) is 1. The number of hydrogen-bond acceptors (Lipinski definition) is 3. The fraction of sp³-hybridized carbons (Fsp3) is 0.538. The molecule has 0 radical (unpaired) electrons. The molecule has 0 aliphatic carbocycles. The van der Waals surface area contributed by atoms with E-state index in [4.69, 9.17) is 4.74 Å². The smallest absolute Gasteiger partial charge is 0.0996 e. The summed E-state index contributed by atoms with van der Waals surface area (Å²) in [7, 11) is 1.67. The van der Waals surface area contributed by atoms with Crippen molar-refractivity contribution >= 4 is 0 Å². The van der Waals surface area contributed by atoms with Crippen LogP contribution in [0.3, 0.4) is 0 Å². The molecule has 0 amide bonds. The van der Waals surface area contributed by atoms with Crippen LogP contribution in [0.2, 0.25) is 0 Å². The van der Waals surface area contributed by atoms with Gasteiger partial charge in [-0.25, -0.2) is 0 Å². The van der Waals surface area contributed by atoms with Crippen molar-refractivity contribution in [3.05, 3.63) is 35.9 Å². The van der Waals surface area contributed by atoms with Crippen LogP contribution in [0.25, 0.3) is 0 Å². The first-order valence-electron chi connectivity index (χ1n) is 5.63. The van der Waals surface area contributed by atoms with E-state index in [-0.39, 0.29) is 18.8 Å². The number of hydrogen-bond donors (Lipinski definition) is 2. The van der Waals surface area contributed by atoms with Gasteiger partial charge in [-0.3, -0.25) is 0 Å². The normalized spacial score (nSPS) is 15.1. The fourth-order valence-electron chi connectivity index (χ4n) is 1.84. The molecule has 2 atom stereocenters. The summed E-state index contributed by atoms with van der Waals surface area (Å²) in [5, 5.41) is 12.7. The van der Waals surface area contributed by atoms with Crippen molar-refractivity contribution in [2.45, 2.75) is 32.0 Å². The van der Waals surface area contributed by atoms with Crippen molar-refractivity contribution in [1.29, 1.82) is 0 Å². The number of aliphatic hydroxyl groups excluding tert-OH is 1. The van der Waals surface area contributed by atoms with Crippen molar-refractivity contribution in [2.75, 3.05) is 13.7 Å². The lowest BCUT2D eigenvalue weighted by molar-refractivity contribution is 0.0418. The molecule has 0 aliphatic rings. The average molecular weight is 223 g/mol. The Morgan fingerprint density at radius 1 is 1.25 bits per heavy atom. The minimum atomic E-state index is -0.117. The molecule has 2 N–H and O–H groups in total. The van der Waals surface area contributed by atoms with Crippen molar-refractivity contribution in [3.63, 3.8) is 0 Å². The molecule has 0 heterocycles. The lowest BCUT2D eigenvalue weighted by Gasteiger charge is -2.27. The van der Waals surface area contributed by atoms with Crippen molar-refractivity contribution in [3.8, 4) is 0 Å². The molecule has 0 bridgehead atoms. The van der Waals surface area contributed by atoms with Crippen molar-refractivity contribution in [2.24, 2.45) is 0 Å². The minimum absolute atomic E-state index is 0.0611. The Balaban J connectivity index is 2.79. The fourth-order valence-corrected chi connectivity index (χ4v) is 1.84. The first kappa shape index (κ1) is 13.2. The highest BCUT2D eigenvalue weighted by atomic mass is 16.5. The molecule has 0 fully saturated rings.